The number of nitrogens with one attached hydrogen (secondary N) is 1. The van der Waals surface area contributed by atoms with Crippen LogP contribution in [0.5, 0.6) is 0 Å². The summed E-state index contributed by atoms with van der Waals surface area (Å²) in [6, 6.07) is 0. The Balaban J connectivity index is 3.94. The SMILES string of the molecule is CCCNC(C)(CCCOC(C)CCC)C(=O)O. The van der Waals surface area contributed by atoms with E-state index in [1.807, 2.05) is 6.92 Å². The summed E-state index contributed by atoms with van der Waals surface area (Å²) < 4.78 is 5.64. The van der Waals surface area contributed by atoms with Crippen molar-refractivity contribution in [2.45, 2.75) is 71.4 Å². The van der Waals surface area contributed by atoms with Gasteiger partial charge in [0.25, 0.3) is 0 Å². The Labute approximate surface area is 111 Å². The highest BCUT2D eigenvalue weighted by Crippen LogP contribution is 2.14. The van der Waals surface area contributed by atoms with Crippen LogP contribution in [0, 0.1) is 0 Å². The van der Waals surface area contributed by atoms with E-state index in [9.17, 15) is 9.90 Å². The third kappa shape index (κ3) is 6.97. The van der Waals surface area contributed by atoms with Crippen LogP contribution in [0.2, 0.25) is 0 Å². The van der Waals surface area contributed by atoms with Crippen molar-refractivity contribution in [2.24, 2.45) is 0 Å². The van der Waals surface area contributed by atoms with Crippen molar-refractivity contribution >= 4 is 5.97 Å². The van der Waals surface area contributed by atoms with E-state index < -0.39 is 11.5 Å². The lowest BCUT2D eigenvalue weighted by Crippen LogP contribution is -2.49. The van der Waals surface area contributed by atoms with Gasteiger partial charge in [0, 0.05) is 6.61 Å². The zero-order valence-electron chi connectivity index (χ0n) is 12.3. The Kier molecular flexibility index (Phi) is 9.02. The van der Waals surface area contributed by atoms with Crippen LogP contribution in [0.1, 0.15) is 59.8 Å². The molecule has 0 aromatic heterocycles. The molecule has 0 aliphatic heterocycles. The molecule has 0 aliphatic rings. The van der Waals surface area contributed by atoms with Gasteiger partial charge in [-0.15, -0.1) is 0 Å². The molecule has 0 spiro atoms. The van der Waals surface area contributed by atoms with Crippen LogP contribution in [-0.4, -0.2) is 35.9 Å². The lowest BCUT2D eigenvalue weighted by atomic mass is 9.96. The van der Waals surface area contributed by atoms with Crippen molar-refractivity contribution in [3.05, 3.63) is 0 Å². The molecular weight excluding hydrogens is 230 g/mol. The fraction of sp³-hybridized carbons (Fsp3) is 0.929. The second-order valence-electron chi connectivity index (χ2n) is 5.14. The molecule has 0 fully saturated rings. The number of carboxylic acid groups (broad SMARTS) is 1. The van der Waals surface area contributed by atoms with Crippen molar-refractivity contribution in [1.82, 2.24) is 5.32 Å². The first-order valence-electron chi connectivity index (χ1n) is 7.06. The second kappa shape index (κ2) is 9.34. The summed E-state index contributed by atoms with van der Waals surface area (Å²) in [6.45, 7) is 9.35. The summed E-state index contributed by atoms with van der Waals surface area (Å²) in [5.74, 6) is -0.780. The lowest BCUT2D eigenvalue weighted by Gasteiger charge is -2.26. The van der Waals surface area contributed by atoms with E-state index in [1.54, 1.807) is 6.92 Å². The molecule has 0 heterocycles. The summed E-state index contributed by atoms with van der Waals surface area (Å²) >= 11 is 0. The normalized spacial score (nSPS) is 16.2. The van der Waals surface area contributed by atoms with Gasteiger partial charge in [-0.3, -0.25) is 4.79 Å². The average Bonchev–Trinajstić information content (AvgIpc) is 2.32. The highest BCUT2D eigenvalue weighted by atomic mass is 16.5. The maximum absolute atomic E-state index is 11.3. The average molecular weight is 259 g/mol. The minimum absolute atomic E-state index is 0.273. The summed E-state index contributed by atoms with van der Waals surface area (Å²) in [5.41, 5.74) is -0.826. The topological polar surface area (TPSA) is 58.6 Å². The molecule has 0 saturated carbocycles. The molecule has 0 rings (SSSR count). The van der Waals surface area contributed by atoms with E-state index in [0.29, 0.717) is 13.0 Å². The maximum atomic E-state index is 11.3. The quantitative estimate of drug-likeness (QED) is 0.560. The standard InChI is InChI=1S/C14H29NO3/c1-5-8-12(3)18-11-7-9-14(4,13(16)17)15-10-6-2/h12,15H,5-11H2,1-4H3,(H,16,17). The van der Waals surface area contributed by atoms with Crippen LogP contribution in [0.4, 0.5) is 0 Å². The number of hydrogen-bond donors (Lipinski definition) is 2. The molecule has 2 unspecified atom stereocenters. The molecule has 0 aromatic carbocycles. The number of rotatable bonds is 11. The van der Waals surface area contributed by atoms with Crippen LogP contribution in [0.3, 0.4) is 0 Å². The molecule has 0 amide bonds. The molecule has 2 atom stereocenters. The Hall–Kier alpha value is -0.610. The lowest BCUT2D eigenvalue weighted by molar-refractivity contribution is -0.144. The Morgan fingerprint density at radius 1 is 1.39 bits per heavy atom. The zero-order chi connectivity index (χ0) is 14.0. The first kappa shape index (κ1) is 17.4. The van der Waals surface area contributed by atoms with Gasteiger partial charge in [0.15, 0.2) is 0 Å². The number of carbonyl (C=O) groups is 1. The predicted octanol–water partition coefficient (Wildman–Crippen LogP) is 2.81. The second-order valence-corrected chi connectivity index (χ2v) is 5.14. The molecule has 0 aromatic rings. The first-order chi connectivity index (χ1) is 8.46. The van der Waals surface area contributed by atoms with E-state index in [2.05, 4.69) is 19.2 Å². The summed E-state index contributed by atoms with van der Waals surface area (Å²) in [7, 11) is 0. The van der Waals surface area contributed by atoms with Gasteiger partial charge in [0.05, 0.1) is 6.10 Å². The van der Waals surface area contributed by atoms with Gasteiger partial charge in [-0.25, -0.2) is 0 Å². The van der Waals surface area contributed by atoms with Gasteiger partial charge in [-0.1, -0.05) is 20.3 Å². The van der Waals surface area contributed by atoms with Gasteiger partial charge in [0.2, 0.25) is 0 Å². The number of hydrogen-bond acceptors (Lipinski definition) is 3. The predicted molar refractivity (Wildman–Crippen MR) is 73.9 cm³/mol. The van der Waals surface area contributed by atoms with Gasteiger partial charge in [-0.05, 0) is 46.1 Å². The molecule has 108 valence electrons. The molecule has 4 nitrogen and oxygen atoms in total. The van der Waals surface area contributed by atoms with E-state index in [-0.39, 0.29) is 6.10 Å². The maximum Gasteiger partial charge on any atom is 0.323 e. The monoisotopic (exact) mass is 259 g/mol. The van der Waals surface area contributed by atoms with E-state index in [1.165, 1.54) is 0 Å². The van der Waals surface area contributed by atoms with Crippen LogP contribution in [0.25, 0.3) is 0 Å². The summed E-state index contributed by atoms with van der Waals surface area (Å²) in [6.07, 6.45) is 4.76. The molecule has 0 bridgehead atoms. The van der Waals surface area contributed by atoms with E-state index >= 15 is 0 Å². The summed E-state index contributed by atoms with van der Waals surface area (Å²) in [5, 5.41) is 12.4. The number of carboxylic acids is 1. The van der Waals surface area contributed by atoms with Crippen LogP contribution < -0.4 is 5.32 Å². The third-order valence-corrected chi connectivity index (χ3v) is 3.16. The molecule has 4 heteroatoms. The van der Waals surface area contributed by atoms with Crippen LogP contribution in [0.15, 0.2) is 0 Å². The molecular formula is C14H29NO3. The van der Waals surface area contributed by atoms with Gasteiger partial charge >= 0.3 is 5.97 Å². The van der Waals surface area contributed by atoms with E-state index in [0.717, 1.165) is 32.2 Å². The smallest absolute Gasteiger partial charge is 0.323 e. The van der Waals surface area contributed by atoms with Crippen molar-refractivity contribution in [3.8, 4) is 0 Å². The highest BCUT2D eigenvalue weighted by Gasteiger charge is 2.31. The van der Waals surface area contributed by atoms with Crippen LogP contribution >= 0.6 is 0 Å². The molecule has 18 heavy (non-hydrogen) atoms. The molecule has 0 aliphatic carbocycles. The third-order valence-electron chi connectivity index (χ3n) is 3.16. The Bertz CT molecular complexity index is 233. The number of aliphatic carboxylic acids is 1. The summed E-state index contributed by atoms with van der Waals surface area (Å²) in [4.78, 5) is 11.3. The minimum Gasteiger partial charge on any atom is -0.480 e. The Morgan fingerprint density at radius 3 is 2.56 bits per heavy atom. The minimum atomic E-state index is -0.826. The van der Waals surface area contributed by atoms with Gasteiger partial charge in [0.1, 0.15) is 5.54 Å². The Morgan fingerprint density at radius 2 is 2.06 bits per heavy atom. The largest absolute Gasteiger partial charge is 0.480 e. The fourth-order valence-corrected chi connectivity index (χ4v) is 1.87. The first-order valence-corrected chi connectivity index (χ1v) is 7.06. The highest BCUT2D eigenvalue weighted by molar-refractivity contribution is 5.78. The van der Waals surface area contributed by atoms with Crippen molar-refractivity contribution in [2.75, 3.05) is 13.2 Å². The van der Waals surface area contributed by atoms with Gasteiger partial charge in [-0.2, -0.15) is 0 Å². The zero-order valence-corrected chi connectivity index (χ0v) is 12.3. The molecule has 0 saturated heterocycles. The van der Waals surface area contributed by atoms with Crippen LogP contribution in [-0.2, 0) is 9.53 Å². The van der Waals surface area contributed by atoms with Crippen molar-refractivity contribution in [1.29, 1.82) is 0 Å². The van der Waals surface area contributed by atoms with Crippen molar-refractivity contribution < 1.29 is 14.6 Å². The van der Waals surface area contributed by atoms with E-state index in [4.69, 9.17) is 4.74 Å². The fourth-order valence-electron chi connectivity index (χ4n) is 1.87. The molecule has 0 radical (unpaired) electrons. The van der Waals surface area contributed by atoms with Gasteiger partial charge < -0.3 is 15.2 Å². The number of ether oxygens (including phenoxy) is 1. The molecule has 2 N–H and O–H groups in total. The van der Waals surface area contributed by atoms with Crippen molar-refractivity contribution in [3.63, 3.8) is 0 Å².